The molecule has 5 N–H and O–H groups in total. The van der Waals surface area contributed by atoms with E-state index in [-0.39, 0.29) is 36.7 Å². The third-order valence-electron chi connectivity index (χ3n) is 16.5. The summed E-state index contributed by atoms with van der Waals surface area (Å²) in [5.41, 5.74) is 9.91. The number of anilines is 2. The van der Waals surface area contributed by atoms with Gasteiger partial charge in [0.2, 0.25) is 23.6 Å². The van der Waals surface area contributed by atoms with E-state index in [1.54, 1.807) is 60.0 Å². The first kappa shape index (κ1) is 55.1. The Hall–Kier alpha value is -8.43. The highest BCUT2D eigenvalue weighted by Gasteiger charge is 2.64. The number of benzene rings is 4. The van der Waals surface area contributed by atoms with Gasteiger partial charge < -0.3 is 45.4 Å². The van der Waals surface area contributed by atoms with Crippen LogP contribution < -0.4 is 26.3 Å². The van der Waals surface area contributed by atoms with E-state index in [9.17, 15) is 24.0 Å². The first-order valence-electron chi connectivity index (χ1n) is 27.6. The molecule has 4 aromatic carbocycles. The Morgan fingerprint density at radius 3 is 1.66 bits per heavy atom. The zero-order valence-corrected chi connectivity index (χ0v) is 47.6. The normalized spacial score (nSPS) is 17.8. The largest absolute Gasteiger partial charge is 0.490 e. The highest BCUT2D eigenvalue weighted by molar-refractivity contribution is 9.10. The van der Waals surface area contributed by atoms with Crippen LogP contribution in [0.1, 0.15) is 69.0 Å². The molecule has 6 aliphatic rings. The van der Waals surface area contributed by atoms with Gasteiger partial charge in [0.15, 0.2) is 0 Å². The second-order valence-corrected chi connectivity index (χ2v) is 24.1. The highest BCUT2D eigenvalue weighted by Crippen LogP contribution is 2.52. The number of ether oxygens (including phenoxy) is 1. The molecule has 20 heteroatoms. The van der Waals surface area contributed by atoms with Gasteiger partial charge in [0.1, 0.15) is 22.0 Å². The average molecular weight is 1180 g/mol. The molecule has 4 aliphatic heterocycles. The van der Waals surface area contributed by atoms with Crippen molar-refractivity contribution >= 4 is 91.2 Å². The fraction of sp³-hybridized carbons (Fsp3) is 0.286. The van der Waals surface area contributed by atoms with E-state index in [1.165, 1.54) is 6.20 Å². The zero-order chi connectivity index (χ0) is 58.1. The lowest BCUT2D eigenvalue weighted by Gasteiger charge is -2.48. The van der Waals surface area contributed by atoms with Crippen LogP contribution in [0.15, 0.2) is 163 Å². The smallest absolute Gasteiger partial charge is 0.444 e. The van der Waals surface area contributed by atoms with Gasteiger partial charge >= 0.3 is 13.2 Å². The summed E-state index contributed by atoms with van der Waals surface area (Å²) in [6, 6.07) is 39.0. The average Bonchev–Trinajstić information content (AvgIpc) is 2.04. The van der Waals surface area contributed by atoms with Gasteiger partial charge in [-0.15, -0.1) is 0 Å². The molecule has 83 heavy (non-hydrogen) atoms. The third kappa shape index (κ3) is 10.1. The van der Waals surface area contributed by atoms with Crippen LogP contribution in [0, 0.1) is 0 Å². The number of nitrogens with zero attached hydrogens (tertiary/aromatic N) is 8. The molecule has 5 amide bonds. The molecule has 0 atom stereocenters. The number of carbonyl (C=O) groups excluding carboxylic acids is 5. The van der Waals surface area contributed by atoms with Crippen LogP contribution in [0.4, 0.5) is 16.2 Å². The Labute approximate surface area is 488 Å². The molecule has 4 aromatic heterocycles. The molecule has 2 aliphatic carbocycles. The van der Waals surface area contributed by atoms with E-state index in [0.717, 1.165) is 83.9 Å². The second-order valence-electron chi connectivity index (χ2n) is 23.3. The monoisotopic (exact) mass is 1170 g/mol. The summed E-state index contributed by atoms with van der Waals surface area (Å²) in [5, 5.41) is 24.0. The van der Waals surface area contributed by atoms with E-state index in [4.69, 9.17) is 25.5 Å². The number of pyridine rings is 4. The molecule has 2 saturated carbocycles. The molecular weight excluding hydrogens is 1120 g/mol. The molecule has 18 nitrogen and oxygen atoms in total. The molecular formula is C63H60BBrN10O8. The van der Waals surface area contributed by atoms with Crippen LogP contribution in [-0.2, 0) is 47.8 Å². The predicted octanol–water partition coefficient (Wildman–Crippen LogP) is 6.86. The van der Waals surface area contributed by atoms with E-state index in [0.29, 0.717) is 44.5 Å². The Morgan fingerprint density at radius 1 is 0.639 bits per heavy atom. The number of rotatable bonds is 9. The van der Waals surface area contributed by atoms with Crippen molar-refractivity contribution in [3.8, 4) is 11.1 Å². The fourth-order valence-electron chi connectivity index (χ4n) is 11.9. The number of nitrogens with two attached hydrogens (primary N) is 1. The van der Waals surface area contributed by atoms with E-state index in [2.05, 4.69) is 42.3 Å². The minimum atomic E-state index is -1.40. The first-order valence-corrected chi connectivity index (χ1v) is 28.4. The number of nitrogens with one attached hydrogen (secondary N) is 1. The summed E-state index contributed by atoms with van der Waals surface area (Å²) in [4.78, 5) is 91.2. The van der Waals surface area contributed by atoms with Crippen LogP contribution >= 0.6 is 15.9 Å². The summed E-state index contributed by atoms with van der Waals surface area (Å²) in [6.45, 7) is 7.32. The van der Waals surface area contributed by atoms with Crippen LogP contribution in [0.25, 0.3) is 32.7 Å². The lowest BCUT2D eigenvalue weighted by Crippen LogP contribution is -2.68. The molecule has 4 fully saturated rings. The Morgan fingerprint density at radius 2 is 1.14 bits per heavy atom. The standard InChI is InChI=1S/C29H29BrN4O4.C29H25N5O2.C5H6BNO2/c1-27(2,3)38-26(37)32-29(12-13-29)25(36)33-16-28(17-33)20-10-6-7-11-22(20)34(24(28)35)15-21-23(30)19-9-5-4-8-18(19)14-31-21;30-29(11-12-29)27(36)33-17-28(18-33)22-9-3-4-10-24(22)34(26(28)35)16-23-25(20-7-5-13-31-14-20)21-8-2-1-6-19(21)15-32-23;8-6(9)5-2-1-3-7-4-5/h4-11,14H,12-13,15-17H2,1-3H3,(H,32,37);1-10,13-15H,11-12,16-18,30H2;1-4,8-9H. The van der Waals surface area contributed by atoms with Crippen LogP contribution in [0.2, 0.25) is 0 Å². The number of halogens is 1. The molecule has 2 spiro atoms. The predicted molar refractivity (Wildman–Crippen MR) is 318 cm³/mol. The summed E-state index contributed by atoms with van der Waals surface area (Å²) in [5.74, 6) is -0.208. The van der Waals surface area contributed by atoms with Gasteiger partial charge in [0, 0.05) is 107 Å². The maximum absolute atomic E-state index is 14.0. The molecule has 8 heterocycles. The van der Waals surface area contributed by atoms with Crippen molar-refractivity contribution in [3.63, 3.8) is 0 Å². The molecule has 14 rings (SSSR count). The quantitative estimate of drug-likeness (QED) is 0.108. The number of aromatic nitrogens is 4. The van der Waals surface area contributed by atoms with Crippen LogP contribution in [0.5, 0.6) is 0 Å². The van der Waals surface area contributed by atoms with Gasteiger partial charge in [-0.25, -0.2) is 4.79 Å². The van der Waals surface area contributed by atoms with Crippen molar-refractivity contribution in [2.45, 2.75) is 87.1 Å². The maximum atomic E-state index is 14.0. The van der Waals surface area contributed by atoms with Crippen molar-refractivity contribution in [1.82, 2.24) is 35.1 Å². The first-order chi connectivity index (χ1) is 39.8. The van der Waals surface area contributed by atoms with Crippen LogP contribution in [0.3, 0.4) is 0 Å². The molecule has 2 saturated heterocycles. The summed E-state index contributed by atoms with van der Waals surface area (Å²) in [6.07, 6.45) is 12.2. The molecule has 0 unspecified atom stereocenters. The number of hydrogen-bond acceptors (Lipinski definition) is 13. The van der Waals surface area contributed by atoms with Crippen molar-refractivity contribution < 1.29 is 38.8 Å². The lowest BCUT2D eigenvalue weighted by atomic mass is 9.74. The van der Waals surface area contributed by atoms with Crippen molar-refractivity contribution in [2.24, 2.45) is 5.73 Å². The van der Waals surface area contributed by atoms with Crippen molar-refractivity contribution in [1.29, 1.82) is 0 Å². The number of fused-ring (bicyclic) bond motifs is 6. The zero-order valence-electron chi connectivity index (χ0n) is 46.0. The van der Waals surface area contributed by atoms with Gasteiger partial charge in [-0.05, 0) is 109 Å². The fourth-order valence-corrected chi connectivity index (χ4v) is 12.5. The maximum Gasteiger partial charge on any atom is 0.490 e. The highest BCUT2D eigenvalue weighted by atomic mass is 79.9. The topological polar surface area (TPSA) is 238 Å². The van der Waals surface area contributed by atoms with E-state index >= 15 is 0 Å². The second kappa shape index (κ2) is 21.1. The van der Waals surface area contributed by atoms with E-state index in [1.807, 2.05) is 127 Å². The number of likely N-dealkylation sites (tertiary alicyclic amines) is 2. The van der Waals surface area contributed by atoms with Gasteiger partial charge in [-0.1, -0.05) is 97.1 Å². The lowest BCUT2D eigenvalue weighted by molar-refractivity contribution is -0.147. The van der Waals surface area contributed by atoms with E-state index < -0.39 is 40.7 Å². The Kier molecular flexibility index (Phi) is 14.0. The van der Waals surface area contributed by atoms with Crippen molar-refractivity contribution in [2.75, 3.05) is 36.0 Å². The van der Waals surface area contributed by atoms with Crippen molar-refractivity contribution in [3.05, 3.63) is 185 Å². The van der Waals surface area contributed by atoms with Gasteiger partial charge in [0.05, 0.1) is 30.0 Å². The summed E-state index contributed by atoms with van der Waals surface area (Å²) >= 11 is 3.71. The third-order valence-corrected chi connectivity index (χ3v) is 17.4. The molecule has 0 bridgehead atoms. The number of alkyl carbamates (subject to hydrolysis) is 1. The van der Waals surface area contributed by atoms with Crippen LogP contribution in [-0.4, -0.2) is 119 Å². The number of hydrogen-bond donors (Lipinski definition) is 4. The number of para-hydroxylation sites is 2. The SMILES string of the molecule is CC(C)(C)OC(=O)NC1(C(=O)N2CC3(C2)C(=O)N(Cc2ncc4ccccc4c2Br)c2ccccc23)CC1.NC1(C(=O)N2CC3(C2)C(=O)N(Cc2ncc4ccccc4c2-c2cccnc2)c2ccccc23)CC1.OB(O)c1cccnc1. The Bertz CT molecular complexity index is 3880. The van der Waals surface area contributed by atoms with Gasteiger partial charge in [-0.2, -0.15) is 0 Å². The number of amides is 5. The van der Waals surface area contributed by atoms with Gasteiger partial charge in [-0.3, -0.25) is 39.1 Å². The molecule has 420 valence electrons. The summed E-state index contributed by atoms with van der Waals surface area (Å²) in [7, 11) is -1.40. The Balaban J connectivity index is 0.000000143. The molecule has 0 radical (unpaired) electrons. The minimum Gasteiger partial charge on any atom is -0.444 e. The minimum absolute atomic E-state index is 0.0155. The summed E-state index contributed by atoms with van der Waals surface area (Å²) < 4.78 is 6.24. The van der Waals surface area contributed by atoms with Gasteiger partial charge in [0.25, 0.3) is 0 Å². The number of carbonyl (C=O) groups is 5. The molecule has 8 aromatic rings.